The van der Waals surface area contributed by atoms with Crippen molar-refractivity contribution in [2.75, 3.05) is 19.8 Å². The number of hydrogen-bond acceptors (Lipinski definition) is 7. The van der Waals surface area contributed by atoms with Crippen molar-refractivity contribution < 1.29 is 19.4 Å². The third kappa shape index (κ3) is 5.98. The van der Waals surface area contributed by atoms with E-state index in [0.717, 1.165) is 5.56 Å². The minimum absolute atomic E-state index is 0.0674. The van der Waals surface area contributed by atoms with Crippen LogP contribution in [-0.4, -0.2) is 52.9 Å². The molecule has 8 nitrogen and oxygen atoms in total. The largest absolute Gasteiger partial charge is 0.489 e. The molecule has 0 saturated heterocycles. The number of aliphatic hydroxyl groups is 1. The number of aliphatic hydroxyl groups excluding tert-OH is 1. The molecule has 8 heteroatoms. The third-order valence-corrected chi connectivity index (χ3v) is 3.57. The van der Waals surface area contributed by atoms with Crippen molar-refractivity contribution in [2.24, 2.45) is 5.73 Å². The number of pyridine rings is 2. The zero-order chi connectivity index (χ0) is 18.9. The van der Waals surface area contributed by atoms with Crippen LogP contribution in [0.4, 0.5) is 0 Å². The van der Waals surface area contributed by atoms with Gasteiger partial charge < -0.3 is 25.6 Å². The minimum Gasteiger partial charge on any atom is -0.489 e. The van der Waals surface area contributed by atoms with Gasteiger partial charge in [-0.25, -0.2) is 9.97 Å². The number of rotatable bonds is 10. The van der Waals surface area contributed by atoms with E-state index < -0.39 is 12.0 Å². The van der Waals surface area contributed by atoms with E-state index >= 15 is 0 Å². The smallest absolute Gasteiger partial charge is 0.271 e. The third-order valence-electron chi connectivity index (χ3n) is 3.57. The summed E-state index contributed by atoms with van der Waals surface area (Å²) in [5.74, 6) is 0.209. The molecule has 2 unspecified atom stereocenters. The second-order valence-corrected chi connectivity index (χ2v) is 5.92. The summed E-state index contributed by atoms with van der Waals surface area (Å²) in [5.41, 5.74) is 6.27. The van der Waals surface area contributed by atoms with Crippen LogP contribution in [0, 0.1) is 6.92 Å². The first kappa shape index (κ1) is 19.6. The van der Waals surface area contributed by atoms with Crippen LogP contribution in [0.1, 0.15) is 23.0 Å². The number of aryl methyl sites for hydroxylation is 1. The van der Waals surface area contributed by atoms with Crippen molar-refractivity contribution in [1.29, 1.82) is 0 Å². The number of nitrogens with two attached hydrogens (primary N) is 1. The quantitative estimate of drug-likeness (QED) is 0.570. The summed E-state index contributed by atoms with van der Waals surface area (Å²) in [6.07, 6.45) is 2.43. The number of primary amides is 1. The first-order valence-electron chi connectivity index (χ1n) is 8.31. The molecule has 26 heavy (non-hydrogen) atoms. The number of aromatic nitrogens is 2. The standard InChI is InChI=1S/C18H24N4O4/c1-12-5-3-8-21-18(12)26-11-14(23)9-22-13(2)10-25-15-6-4-7-20-16(15)17(19)24/h3-8,13-14,22-23H,9-11H2,1-2H3,(H2,19,24). The maximum Gasteiger partial charge on any atom is 0.271 e. The maximum absolute atomic E-state index is 11.3. The summed E-state index contributed by atoms with van der Waals surface area (Å²) in [5, 5.41) is 13.2. The molecule has 4 N–H and O–H groups in total. The highest BCUT2D eigenvalue weighted by Crippen LogP contribution is 2.15. The van der Waals surface area contributed by atoms with Gasteiger partial charge in [-0.05, 0) is 32.0 Å². The number of amides is 1. The van der Waals surface area contributed by atoms with E-state index in [9.17, 15) is 9.90 Å². The number of carbonyl (C=O) groups is 1. The van der Waals surface area contributed by atoms with Crippen molar-refractivity contribution in [2.45, 2.75) is 26.0 Å². The lowest BCUT2D eigenvalue weighted by atomic mass is 10.3. The highest BCUT2D eigenvalue weighted by Gasteiger charge is 2.13. The van der Waals surface area contributed by atoms with Crippen LogP contribution in [0.3, 0.4) is 0 Å². The molecule has 0 aliphatic carbocycles. The molecule has 2 heterocycles. The predicted molar refractivity (Wildman–Crippen MR) is 96.2 cm³/mol. The van der Waals surface area contributed by atoms with Crippen LogP contribution in [0.15, 0.2) is 36.7 Å². The summed E-state index contributed by atoms with van der Waals surface area (Å²) in [6, 6.07) is 6.96. The average Bonchev–Trinajstić information content (AvgIpc) is 2.64. The highest BCUT2D eigenvalue weighted by atomic mass is 16.5. The van der Waals surface area contributed by atoms with Crippen LogP contribution in [0.5, 0.6) is 11.6 Å². The zero-order valence-corrected chi connectivity index (χ0v) is 14.9. The maximum atomic E-state index is 11.3. The van der Waals surface area contributed by atoms with E-state index in [0.29, 0.717) is 24.8 Å². The van der Waals surface area contributed by atoms with Gasteiger partial charge in [0.15, 0.2) is 11.4 Å². The normalized spacial score (nSPS) is 13.0. The summed E-state index contributed by atoms with van der Waals surface area (Å²) in [4.78, 5) is 19.3. The lowest BCUT2D eigenvalue weighted by Gasteiger charge is -2.18. The van der Waals surface area contributed by atoms with E-state index in [1.165, 1.54) is 6.20 Å². The molecule has 0 radical (unpaired) electrons. The first-order chi connectivity index (χ1) is 12.5. The van der Waals surface area contributed by atoms with E-state index in [4.69, 9.17) is 15.2 Å². The monoisotopic (exact) mass is 360 g/mol. The minimum atomic E-state index is -0.696. The Balaban J connectivity index is 1.72. The molecule has 0 aromatic carbocycles. The molecule has 2 aromatic rings. The number of nitrogens with one attached hydrogen (secondary N) is 1. The fourth-order valence-corrected chi connectivity index (χ4v) is 2.16. The Kier molecular flexibility index (Phi) is 7.31. The summed E-state index contributed by atoms with van der Waals surface area (Å²) in [6.45, 7) is 4.54. The van der Waals surface area contributed by atoms with Gasteiger partial charge in [-0.2, -0.15) is 0 Å². The van der Waals surface area contributed by atoms with E-state index in [1.807, 2.05) is 26.0 Å². The van der Waals surface area contributed by atoms with Crippen molar-refractivity contribution in [3.63, 3.8) is 0 Å². The van der Waals surface area contributed by atoms with E-state index in [-0.39, 0.29) is 18.3 Å². The van der Waals surface area contributed by atoms with Crippen LogP contribution in [0.25, 0.3) is 0 Å². The second kappa shape index (κ2) is 9.69. The highest BCUT2D eigenvalue weighted by molar-refractivity contribution is 5.93. The van der Waals surface area contributed by atoms with Gasteiger partial charge in [0, 0.05) is 30.5 Å². The predicted octanol–water partition coefficient (Wildman–Crippen LogP) is 0.681. The van der Waals surface area contributed by atoms with Gasteiger partial charge in [-0.15, -0.1) is 0 Å². The number of nitrogens with zero attached hydrogens (tertiary/aromatic N) is 2. The van der Waals surface area contributed by atoms with Crippen molar-refractivity contribution in [3.8, 4) is 11.6 Å². The van der Waals surface area contributed by atoms with Gasteiger partial charge >= 0.3 is 0 Å². The zero-order valence-electron chi connectivity index (χ0n) is 14.9. The van der Waals surface area contributed by atoms with Crippen molar-refractivity contribution >= 4 is 5.91 Å². The molecule has 2 rings (SSSR count). The van der Waals surface area contributed by atoms with Crippen LogP contribution >= 0.6 is 0 Å². The molecule has 0 saturated carbocycles. The molecule has 1 amide bonds. The molecule has 0 aliphatic heterocycles. The van der Waals surface area contributed by atoms with Gasteiger partial charge in [0.1, 0.15) is 19.3 Å². The van der Waals surface area contributed by atoms with Crippen molar-refractivity contribution in [3.05, 3.63) is 47.9 Å². The van der Waals surface area contributed by atoms with Gasteiger partial charge in [0.25, 0.3) is 5.91 Å². The molecular formula is C18H24N4O4. The summed E-state index contributed by atoms with van der Waals surface area (Å²) >= 11 is 0. The molecule has 0 fully saturated rings. The average molecular weight is 360 g/mol. The second-order valence-electron chi connectivity index (χ2n) is 5.92. The Bertz CT molecular complexity index is 726. The molecule has 0 spiro atoms. The molecular weight excluding hydrogens is 336 g/mol. The van der Waals surface area contributed by atoms with Gasteiger partial charge in [-0.3, -0.25) is 4.79 Å². The summed E-state index contributed by atoms with van der Waals surface area (Å²) in [7, 11) is 0. The Morgan fingerprint density at radius 2 is 1.96 bits per heavy atom. The van der Waals surface area contributed by atoms with Gasteiger partial charge in [-0.1, -0.05) is 6.07 Å². The van der Waals surface area contributed by atoms with Gasteiger partial charge in [0.05, 0.1) is 0 Å². The SMILES string of the molecule is Cc1cccnc1OCC(O)CNC(C)COc1cccnc1C(N)=O. The molecule has 2 atom stereocenters. The Morgan fingerprint density at radius 1 is 1.23 bits per heavy atom. The number of carbonyl (C=O) groups excluding carboxylic acids is 1. The van der Waals surface area contributed by atoms with Crippen LogP contribution < -0.4 is 20.5 Å². The lowest BCUT2D eigenvalue weighted by molar-refractivity contribution is 0.0978. The van der Waals surface area contributed by atoms with E-state index in [1.54, 1.807) is 18.3 Å². The Hall–Kier alpha value is -2.71. The van der Waals surface area contributed by atoms with Crippen LogP contribution in [0.2, 0.25) is 0 Å². The molecule has 140 valence electrons. The lowest BCUT2D eigenvalue weighted by Crippen LogP contribution is -2.39. The number of hydrogen-bond donors (Lipinski definition) is 3. The topological polar surface area (TPSA) is 120 Å². The van der Waals surface area contributed by atoms with Gasteiger partial charge in [0.2, 0.25) is 5.88 Å². The first-order valence-corrected chi connectivity index (χ1v) is 8.31. The fourth-order valence-electron chi connectivity index (χ4n) is 2.16. The Labute approximate surface area is 152 Å². The Morgan fingerprint density at radius 3 is 2.69 bits per heavy atom. The summed E-state index contributed by atoms with van der Waals surface area (Å²) < 4.78 is 11.1. The fraction of sp³-hybridized carbons (Fsp3) is 0.389. The molecule has 0 aliphatic rings. The van der Waals surface area contributed by atoms with E-state index in [2.05, 4.69) is 15.3 Å². The van der Waals surface area contributed by atoms with Crippen LogP contribution in [-0.2, 0) is 0 Å². The van der Waals surface area contributed by atoms with Crippen molar-refractivity contribution in [1.82, 2.24) is 15.3 Å². The number of ether oxygens (including phenoxy) is 2. The molecule has 2 aromatic heterocycles. The molecule has 0 bridgehead atoms.